The van der Waals surface area contributed by atoms with Crippen molar-refractivity contribution in [1.82, 2.24) is 9.88 Å². The molecular formula is C15H19FN2OS. The molecule has 0 radical (unpaired) electrons. The summed E-state index contributed by atoms with van der Waals surface area (Å²) in [6.45, 7) is 4.98. The molecule has 1 unspecified atom stereocenters. The molecule has 1 N–H and O–H groups in total. The Hall–Kier alpha value is -1.30. The fraction of sp³-hybridized carbons (Fsp3) is 0.400. The normalized spacial score (nSPS) is 12.9. The Labute approximate surface area is 122 Å². The van der Waals surface area contributed by atoms with Gasteiger partial charge in [0.05, 0.1) is 12.6 Å². The number of benzene rings is 1. The molecule has 0 saturated heterocycles. The quantitative estimate of drug-likeness (QED) is 0.920. The lowest BCUT2D eigenvalue weighted by Crippen LogP contribution is -2.24. The molecule has 0 aliphatic carbocycles. The van der Waals surface area contributed by atoms with E-state index in [2.05, 4.69) is 4.98 Å². The highest BCUT2D eigenvalue weighted by Crippen LogP contribution is 2.20. The SMILES string of the molecule is Cc1csc(CN(C)CC(O)c2ccc(F)cc2C)n1. The van der Waals surface area contributed by atoms with Crippen LogP contribution in [0.2, 0.25) is 0 Å². The molecule has 2 aromatic rings. The summed E-state index contributed by atoms with van der Waals surface area (Å²) in [7, 11) is 1.94. The predicted octanol–water partition coefficient (Wildman–Crippen LogP) is 3.06. The van der Waals surface area contributed by atoms with Crippen LogP contribution in [0.4, 0.5) is 4.39 Å². The number of thiazole rings is 1. The van der Waals surface area contributed by atoms with Gasteiger partial charge in [0.15, 0.2) is 0 Å². The maximum atomic E-state index is 13.1. The molecule has 0 bridgehead atoms. The minimum absolute atomic E-state index is 0.273. The van der Waals surface area contributed by atoms with E-state index >= 15 is 0 Å². The Morgan fingerprint density at radius 2 is 2.15 bits per heavy atom. The molecule has 1 aromatic carbocycles. The molecular weight excluding hydrogens is 275 g/mol. The summed E-state index contributed by atoms with van der Waals surface area (Å²) in [6.07, 6.45) is -0.623. The lowest BCUT2D eigenvalue weighted by Gasteiger charge is -2.21. The summed E-state index contributed by atoms with van der Waals surface area (Å²) in [4.78, 5) is 6.43. The number of hydrogen-bond donors (Lipinski definition) is 1. The minimum Gasteiger partial charge on any atom is -0.387 e. The Balaban J connectivity index is 1.98. The third-order valence-electron chi connectivity index (χ3n) is 3.15. The molecule has 20 heavy (non-hydrogen) atoms. The van der Waals surface area contributed by atoms with Crippen molar-refractivity contribution in [3.63, 3.8) is 0 Å². The number of aromatic nitrogens is 1. The van der Waals surface area contributed by atoms with Crippen molar-refractivity contribution in [2.24, 2.45) is 0 Å². The second-order valence-corrected chi connectivity index (χ2v) is 6.04. The number of halogens is 1. The van der Waals surface area contributed by atoms with Gasteiger partial charge in [-0.2, -0.15) is 0 Å². The lowest BCUT2D eigenvalue weighted by molar-refractivity contribution is 0.123. The molecule has 0 fully saturated rings. The van der Waals surface area contributed by atoms with Gasteiger partial charge < -0.3 is 5.11 Å². The maximum Gasteiger partial charge on any atom is 0.123 e. The van der Waals surface area contributed by atoms with Gasteiger partial charge in [0, 0.05) is 17.6 Å². The average Bonchev–Trinajstić information content (AvgIpc) is 2.74. The molecule has 0 spiro atoms. The molecule has 1 heterocycles. The van der Waals surface area contributed by atoms with Crippen LogP contribution in [0.1, 0.15) is 27.9 Å². The van der Waals surface area contributed by atoms with Crippen molar-refractivity contribution in [3.8, 4) is 0 Å². The molecule has 108 valence electrons. The highest BCUT2D eigenvalue weighted by atomic mass is 32.1. The molecule has 0 aliphatic heterocycles. The number of aryl methyl sites for hydroxylation is 2. The average molecular weight is 294 g/mol. The van der Waals surface area contributed by atoms with Crippen LogP contribution in [0.25, 0.3) is 0 Å². The van der Waals surface area contributed by atoms with Gasteiger partial charge in [0.2, 0.25) is 0 Å². The molecule has 5 heteroatoms. The van der Waals surface area contributed by atoms with Gasteiger partial charge in [-0.15, -0.1) is 11.3 Å². The topological polar surface area (TPSA) is 36.4 Å². The van der Waals surface area contributed by atoms with Crippen LogP contribution in [0.5, 0.6) is 0 Å². The fourth-order valence-corrected chi connectivity index (χ4v) is 3.03. The van der Waals surface area contributed by atoms with E-state index in [0.717, 1.165) is 21.8 Å². The van der Waals surface area contributed by atoms with Gasteiger partial charge in [-0.3, -0.25) is 4.90 Å². The summed E-state index contributed by atoms with van der Waals surface area (Å²) in [6, 6.07) is 4.48. The van der Waals surface area contributed by atoms with Gasteiger partial charge in [-0.25, -0.2) is 9.37 Å². The van der Waals surface area contributed by atoms with E-state index in [1.54, 1.807) is 17.4 Å². The maximum absolute atomic E-state index is 13.1. The third kappa shape index (κ3) is 3.85. The van der Waals surface area contributed by atoms with E-state index in [1.165, 1.54) is 12.1 Å². The van der Waals surface area contributed by atoms with Crippen LogP contribution in [-0.4, -0.2) is 28.6 Å². The van der Waals surface area contributed by atoms with Crippen LogP contribution in [0.3, 0.4) is 0 Å². The van der Waals surface area contributed by atoms with Gasteiger partial charge in [-0.05, 0) is 44.2 Å². The number of likely N-dealkylation sites (N-methyl/N-ethyl adjacent to an activating group) is 1. The molecule has 3 nitrogen and oxygen atoms in total. The summed E-state index contributed by atoms with van der Waals surface area (Å²) in [5, 5.41) is 13.3. The zero-order valence-electron chi connectivity index (χ0n) is 11.9. The molecule has 0 aliphatic rings. The lowest BCUT2D eigenvalue weighted by atomic mass is 10.0. The summed E-state index contributed by atoms with van der Waals surface area (Å²) >= 11 is 1.62. The Morgan fingerprint density at radius 3 is 2.75 bits per heavy atom. The smallest absolute Gasteiger partial charge is 0.123 e. The van der Waals surface area contributed by atoms with Crippen LogP contribution in [0.15, 0.2) is 23.6 Å². The summed E-state index contributed by atoms with van der Waals surface area (Å²) < 4.78 is 13.1. The monoisotopic (exact) mass is 294 g/mol. The second-order valence-electron chi connectivity index (χ2n) is 5.10. The van der Waals surface area contributed by atoms with Crippen molar-refractivity contribution in [3.05, 3.63) is 51.2 Å². The number of aliphatic hydroxyl groups excluding tert-OH is 1. The van der Waals surface area contributed by atoms with E-state index in [9.17, 15) is 9.50 Å². The van der Waals surface area contributed by atoms with E-state index in [-0.39, 0.29) is 5.82 Å². The Kier molecular flexibility index (Phi) is 4.86. The standard InChI is InChI=1S/C15H19FN2OS/c1-10-6-12(16)4-5-13(10)14(19)7-18(3)8-15-17-11(2)9-20-15/h4-6,9,14,19H,7-8H2,1-3H3. The van der Waals surface area contributed by atoms with Crippen molar-refractivity contribution >= 4 is 11.3 Å². The van der Waals surface area contributed by atoms with E-state index < -0.39 is 6.10 Å². The first-order valence-electron chi connectivity index (χ1n) is 6.49. The van der Waals surface area contributed by atoms with E-state index in [1.807, 2.05) is 31.2 Å². The minimum atomic E-state index is -0.623. The van der Waals surface area contributed by atoms with Gasteiger partial charge in [0.25, 0.3) is 0 Å². The van der Waals surface area contributed by atoms with Crippen LogP contribution < -0.4 is 0 Å². The van der Waals surface area contributed by atoms with E-state index in [4.69, 9.17) is 0 Å². The van der Waals surface area contributed by atoms with Gasteiger partial charge >= 0.3 is 0 Å². The first-order valence-corrected chi connectivity index (χ1v) is 7.37. The van der Waals surface area contributed by atoms with Crippen molar-refractivity contribution in [1.29, 1.82) is 0 Å². The third-order valence-corrected chi connectivity index (χ3v) is 4.10. The summed E-state index contributed by atoms with van der Waals surface area (Å²) in [5.41, 5.74) is 2.57. The van der Waals surface area contributed by atoms with Crippen LogP contribution in [0, 0.1) is 19.7 Å². The van der Waals surface area contributed by atoms with Gasteiger partial charge in [-0.1, -0.05) is 6.07 Å². The Morgan fingerprint density at radius 1 is 1.40 bits per heavy atom. The highest BCUT2D eigenvalue weighted by molar-refractivity contribution is 7.09. The number of rotatable bonds is 5. The van der Waals surface area contributed by atoms with Crippen molar-refractivity contribution < 1.29 is 9.50 Å². The zero-order chi connectivity index (χ0) is 14.7. The summed E-state index contributed by atoms with van der Waals surface area (Å²) in [5.74, 6) is -0.273. The van der Waals surface area contributed by atoms with Crippen molar-refractivity contribution in [2.75, 3.05) is 13.6 Å². The number of aliphatic hydroxyl groups is 1. The number of hydrogen-bond acceptors (Lipinski definition) is 4. The first kappa shape index (κ1) is 15.1. The molecule has 0 saturated carbocycles. The first-order chi connectivity index (χ1) is 9.45. The van der Waals surface area contributed by atoms with Crippen LogP contribution in [-0.2, 0) is 6.54 Å². The molecule has 1 atom stereocenters. The largest absolute Gasteiger partial charge is 0.387 e. The zero-order valence-corrected chi connectivity index (χ0v) is 12.7. The molecule has 2 rings (SSSR count). The Bertz CT molecular complexity index is 585. The second kappa shape index (κ2) is 6.43. The molecule has 0 amide bonds. The van der Waals surface area contributed by atoms with Gasteiger partial charge in [0.1, 0.15) is 10.8 Å². The van der Waals surface area contributed by atoms with E-state index in [0.29, 0.717) is 13.1 Å². The highest BCUT2D eigenvalue weighted by Gasteiger charge is 2.14. The van der Waals surface area contributed by atoms with Crippen LogP contribution >= 0.6 is 11.3 Å². The number of nitrogens with zero attached hydrogens (tertiary/aromatic N) is 2. The predicted molar refractivity (Wildman–Crippen MR) is 79.3 cm³/mol. The fourth-order valence-electron chi connectivity index (χ4n) is 2.18. The molecule has 1 aromatic heterocycles. The van der Waals surface area contributed by atoms with Crippen molar-refractivity contribution in [2.45, 2.75) is 26.5 Å².